The maximum Gasteiger partial charge on any atom is 0.227 e. The lowest BCUT2D eigenvalue weighted by Crippen LogP contribution is -2.09. The van der Waals surface area contributed by atoms with Gasteiger partial charge in [-0.1, -0.05) is 88.4 Å². The molecular weight excluding hydrogens is 601 g/mol. The summed E-state index contributed by atoms with van der Waals surface area (Å²) in [4.78, 5) is 14.4. The fourth-order valence-electron chi connectivity index (χ4n) is 7.13. The summed E-state index contributed by atoms with van der Waals surface area (Å²) in [5.41, 5.74) is 7.82. The molecule has 5 aromatic carbocycles. The van der Waals surface area contributed by atoms with Crippen molar-refractivity contribution in [2.45, 2.75) is 46.3 Å². The van der Waals surface area contributed by atoms with Gasteiger partial charge in [-0.15, -0.1) is 0 Å². The molecular formula is C44H36N4O. The Hall–Kier alpha value is -5.81. The topological polar surface area (TPSA) is 56.7 Å². The summed E-state index contributed by atoms with van der Waals surface area (Å²) < 4.78 is 51.3. The van der Waals surface area contributed by atoms with Gasteiger partial charge in [0.25, 0.3) is 0 Å². The zero-order valence-electron chi connectivity index (χ0n) is 32.7. The van der Waals surface area contributed by atoms with E-state index in [4.69, 9.17) is 18.5 Å². The largest absolute Gasteiger partial charge is 0.437 e. The van der Waals surface area contributed by atoms with Crippen LogP contribution in [0.4, 0.5) is 0 Å². The van der Waals surface area contributed by atoms with E-state index in [2.05, 4.69) is 52.0 Å². The molecule has 49 heavy (non-hydrogen) atoms. The predicted octanol–water partition coefficient (Wildman–Crippen LogP) is 11.9. The van der Waals surface area contributed by atoms with E-state index >= 15 is 0 Å². The zero-order chi connectivity index (χ0) is 37.7. The van der Waals surface area contributed by atoms with Crippen LogP contribution in [0.2, 0.25) is 0 Å². The fourth-order valence-corrected chi connectivity index (χ4v) is 7.13. The molecule has 0 radical (unpaired) electrons. The number of nitrogens with zero attached hydrogens (tertiary/aromatic N) is 4. The Bertz CT molecular complexity index is 2930. The second-order valence-electron chi connectivity index (χ2n) is 13.1. The Labute approximate surface area is 291 Å². The van der Waals surface area contributed by atoms with Crippen molar-refractivity contribution in [3.05, 3.63) is 132 Å². The quantitative estimate of drug-likeness (QED) is 0.175. The first-order valence-corrected chi connectivity index (χ1v) is 16.4. The van der Waals surface area contributed by atoms with Crippen LogP contribution in [0.3, 0.4) is 0 Å². The van der Waals surface area contributed by atoms with E-state index in [1.165, 1.54) is 6.07 Å². The molecule has 0 atom stereocenters. The van der Waals surface area contributed by atoms with Crippen molar-refractivity contribution in [1.82, 2.24) is 19.5 Å². The van der Waals surface area contributed by atoms with Gasteiger partial charge >= 0.3 is 0 Å². The second kappa shape index (κ2) is 11.1. The minimum absolute atomic E-state index is 0.0388. The van der Waals surface area contributed by atoms with Crippen LogP contribution in [-0.4, -0.2) is 19.5 Å². The molecule has 0 fully saturated rings. The number of furan rings is 1. The van der Waals surface area contributed by atoms with Gasteiger partial charge in [-0.25, -0.2) is 9.97 Å². The molecule has 4 heterocycles. The number of rotatable bonds is 5. The van der Waals surface area contributed by atoms with Crippen molar-refractivity contribution >= 4 is 54.8 Å². The Balaban J connectivity index is 1.33. The van der Waals surface area contributed by atoms with Gasteiger partial charge in [-0.05, 0) is 94.8 Å². The van der Waals surface area contributed by atoms with Crippen LogP contribution in [0.5, 0.6) is 0 Å². The molecule has 9 aromatic rings. The number of aromatic nitrogens is 4. The third kappa shape index (κ3) is 4.64. The molecule has 0 unspecified atom stereocenters. The molecule has 5 nitrogen and oxygen atoms in total. The van der Waals surface area contributed by atoms with Gasteiger partial charge in [-0.2, -0.15) is 0 Å². The highest BCUT2D eigenvalue weighted by Crippen LogP contribution is 2.42. The monoisotopic (exact) mass is 641 g/mol. The number of hydrogen-bond donors (Lipinski definition) is 0. The maximum atomic E-state index is 9.58. The first-order valence-electron chi connectivity index (χ1n) is 18.9. The van der Waals surface area contributed by atoms with Gasteiger partial charge < -0.3 is 4.42 Å². The normalized spacial score (nSPS) is 14.3. The van der Waals surface area contributed by atoms with Crippen LogP contribution in [0, 0.1) is 6.85 Å². The summed E-state index contributed by atoms with van der Waals surface area (Å²) in [7, 11) is 0. The van der Waals surface area contributed by atoms with E-state index in [-0.39, 0.29) is 11.4 Å². The average molecular weight is 642 g/mol. The molecule has 0 amide bonds. The molecule has 0 spiro atoms. The number of para-hydroxylation sites is 3. The predicted molar refractivity (Wildman–Crippen MR) is 203 cm³/mol. The molecule has 0 saturated carbocycles. The van der Waals surface area contributed by atoms with Gasteiger partial charge in [0.15, 0.2) is 0 Å². The van der Waals surface area contributed by atoms with Crippen molar-refractivity contribution in [2.24, 2.45) is 0 Å². The number of imidazole rings is 1. The zero-order valence-corrected chi connectivity index (χ0v) is 27.7. The molecule has 5 heteroatoms. The standard InChI is InChI=1S/C44H36N4O/c1-25(2)36-21-30(28-18-20-32-31-12-7-6-11-29(31)24-45-39(32)23-28)22-37(26(3)4)41(36)48-40-16-9-8-15-38(40)47-43(48)35-14-10-13-33-34-19-17-27(5)46-44(34)49-42(33)35/h6-26H,1-5H3/i5D3,25D,26D. The molecule has 0 aliphatic carbocycles. The lowest BCUT2D eigenvalue weighted by Gasteiger charge is -2.24. The molecule has 0 bridgehead atoms. The fraction of sp³-hybridized carbons (Fsp3) is 0.159. The van der Waals surface area contributed by atoms with E-state index in [9.17, 15) is 2.74 Å². The minimum Gasteiger partial charge on any atom is -0.437 e. The van der Waals surface area contributed by atoms with E-state index < -0.39 is 18.6 Å². The molecule has 0 aliphatic heterocycles. The van der Waals surface area contributed by atoms with E-state index in [1.54, 1.807) is 6.07 Å². The SMILES string of the molecule is [2H]C([2H])([2H])c1ccc2c(n1)oc1c(-c3nc4ccccc4n3-c3c(C([2H])(C)C)cc(-c4ccc5c(c4)ncc4ccccc45)cc3C([2H])(C)C)cccc12. The lowest BCUT2D eigenvalue weighted by atomic mass is 9.87. The van der Waals surface area contributed by atoms with Gasteiger partial charge in [-0.3, -0.25) is 9.55 Å². The summed E-state index contributed by atoms with van der Waals surface area (Å²) in [6.45, 7) is 5.11. The van der Waals surface area contributed by atoms with Gasteiger partial charge in [0.2, 0.25) is 5.71 Å². The number of fused-ring (bicyclic) bond motifs is 7. The smallest absolute Gasteiger partial charge is 0.227 e. The van der Waals surface area contributed by atoms with Crippen LogP contribution in [0.1, 0.15) is 63.2 Å². The first kappa shape index (κ1) is 24.3. The molecule has 0 N–H and O–H groups in total. The van der Waals surface area contributed by atoms with Gasteiger partial charge in [0.1, 0.15) is 11.4 Å². The number of aryl methyl sites for hydroxylation is 1. The number of benzene rings is 5. The van der Waals surface area contributed by atoms with Crippen LogP contribution in [0.25, 0.3) is 83.0 Å². The Morgan fingerprint density at radius 1 is 0.673 bits per heavy atom. The molecule has 238 valence electrons. The summed E-state index contributed by atoms with van der Waals surface area (Å²) >= 11 is 0. The average Bonchev–Trinajstić information content (AvgIpc) is 3.71. The highest BCUT2D eigenvalue weighted by molar-refractivity contribution is 6.09. The number of pyridine rings is 2. The highest BCUT2D eigenvalue weighted by atomic mass is 16.3. The summed E-state index contributed by atoms with van der Waals surface area (Å²) in [6, 6.07) is 35.6. The summed E-state index contributed by atoms with van der Waals surface area (Å²) in [6.07, 6.45) is 1.90. The minimum atomic E-state index is -2.38. The maximum absolute atomic E-state index is 9.58. The molecule has 9 rings (SSSR count). The summed E-state index contributed by atoms with van der Waals surface area (Å²) in [5.74, 6) is -1.62. The molecule has 4 aromatic heterocycles. The second-order valence-corrected chi connectivity index (χ2v) is 13.1. The van der Waals surface area contributed by atoms with Gasteiger partial charge in [0, 0.05) is 40.3 Å². The Morgan fingerprint density at radius 2 is 1.43 bits per heavy atom. The molecule has 0 aliphatic rings. The molecule has 0 saturated heterocycles. The van der Waals surface area contributed by atoms with Crippen molar-refractivity contribution in [3.8, 4) is 28.2 Å². The summed E-state index contributed by atoms with van der Waals surface area (Å²) in [5, 5.41) is 4.76. The van der Waals surface area contributed by atoms with Gasteiger partial charge in [0.05, 0.1) is 27.8 Å². The highest BCUT2D eigenvalue weighted by Gasteiger charge is 2.25. The lowest BCUT2D eigenvalue weighted by molar-refractivity contribution is 0.653. The van der Waals surface area contributed by atoms with Crippen LogP contribution in [0.15, 0.2) is 120 Å². The third-order valence-corrected chi connectivity index (χ3v) is 9.50. The van der Waals surface area contributed by atoms with Crippen LogP contribution in [-0.2, 0) is 0 Å². The van der Waals surface area contributed by atoms with E-state index in [1.807, 2.05) is 88.5 Å². The Kier molecular flexibility index (Phi) is 5.53. The van der Waals surface area contributed by atoms with E-state index in [0.717, 1.165) is 60.3 Å². The van der Waals surface area contributed by atoms with E-state index in [0.29, 0.717) is 28.0 Å². The van der Waals surface area contributed by atoms with Crippen LogP contribution >= 0.6 is 0 Å². The number of hydrogen-bond acceptors (Lipinski definition) is 4. The first-order chi connectivity index (χ1) is 25.7. The third-order valence-electron chi connectivity index (χ3n) is 9.50. The van der Waals surface area contributed by atoms with Crippen molar-refractivity contribution in [1.29, 1.82) is 0 Å². The van der Waals surface area contributed by atoms with Crippen molar-refractivity contribution < 1.29 is 11.3 Å². The van der Waals surface area contributed by atoms with Crippen molar-refractivity contribution in [3.63, 3.8) is 0 Å². The Morgan fingerprint density at radius 3 is 2.24 bits per heavy atom. The van der Waals surface area contributed by atoms with Crippen molar-refractivity contribution in [2.75, 3.05) is 0 Å². The van der Waals surface area contributed by atoms with Crippen LogP contribution < -0.4 is 0 Å².